The van der Waals surface area contributed by atoms with Crippen molar-refractivity contribution in [2.45, 2.75) is 47.1 Å². The molecule has 0 saturated heterocycles. The summed E-state index contributed by atoms with van der Waals surface area (Å²) in [7, 11) is 2.20. The number of hydrogen-bond donors (Lipinski definition) is 1. The molecule has 0 spiro atoms. The van der Waals surface area contributed by atoms with E-state index in [-0.39, 0.29) is 0 Å². The van der Waals surface area contributed by atoms with Crippen LogP contribution in [-0.4, -0.2) is 20.1 Å². The molecule has 0 saturated carbocycles. The number of nitrogens with one attached hydrogen (secondary N) is 1. The van der Waals surface area contributed by atoms with Gasteiger partial charge < -0.3 is 10.2 Å². The monoisotopic (exact) mass is 262 g/mol. The molecule has 0 aliphatic carbocycles. The minimum absolute atomic E-state index is 0.759. The highest BCUT2D eigenvalue weighted by Crippen LogP contribution is 2.21. The molecule has 0 aromatic heterocycles. The molecule has 1 aromatic rings. The van der Waals surface area contributed by atoms with Gasteiger partial charge in [-0.25, -0.2) is 0 Å². The highest BCUT2D eigenvalue weighted by Gasteiger charge is 2.08. The van der Waals surface area contributed by atoms with Crippen molar-refractivity contribution in [1.29, 1.82) is 0 Å². The molecule has 0 aliphatic rings. The van der Waals surface area contributed by atoms with Crippen molar-refractivity contribution in [2.24, 2.45) is 5.92 Å². The van der Waals surface area contributed by atoms with Crippen LogP contribution in [0.3, 0.4) is 0 Å². The smallest absolute Gasteiger partial charge is 0.0409 e. The Labute approximate surface area is 119 Å². The van der Waals surface area contributed by atoms with E-state index < -0.39 is 0 Å². The molecule has 108 valence electrons. The third-order valence-corrected chi connectivity index (χ3v) is 3.43. The second kappa shape index (κ2) is 8.21. The van der Waals surface area contributed by atoms with Crippen molar-refractivity contribution in [3.8, 4) is 0 Å². The van der Waals surface area contributed by atoms with Crippen LogP contribution in [0, 0.1) is 12.8 Å². The van der Waals surface area contributed by atoms with Gasteiger partial charge in [0.2, 0.25) is 0 Å². The van der Waals surface area contributed by atoms with E-state index in [0.717, 1.165) is 25.6 Å². The quantitative estimate of drug-likeness (QED) is 0.713. The normalized spacial score (nSPS) is 11.1. The zero-order chi connectivity index (χ0) is 14.3. The van der Waals surface area contributed by atoms with Gasteiger partial charge in [-0.3, -0.25) is 0 Å². The van der Waals surface area contributed by atoms with E-state index in [4.69, 9.17) is 0 Å². The summed E-state index contributed by atoms with van der Waals surface area (Å²) < 4.78 is 0. The van der Waals surface area contributed by atoms with Crippen molar-refractivity contribution >= 4 is 5.69 Å². The molecular formula is C17H30N2. The third-order valence-electron chi connectivity index (χ3n) is 3.43. The average Bonchev–Trinajstić information content (AvgIpc) is 2.36. The lowest BCUT2D eigenvalue weighted by Gasteiger charge is -2.24. The standard InChI is InChI=1S/C17H30N2/c1-6-10-18-13-16-12-15(4)7-8-17(16)19(5)11-9-14(2)3/h7-8,12,14,18H,6,9-11,13H2,1-5H3. The molecule has 1 aromatic carbocycles. The van der Waals surface area contributed by atoms with Crippen LogP contribution in [0.15, 0.2) is 18.2 Å². The lowest BCUT2D eigenvalue weighted by Crippen LogP contribution is -2.23. The van der Waals surface area contributed by atoms with Crippen LogP contribution in [0.5, 0.6) is 0 Å². The number of rotatable bonds is 8. The van der Waals surface area contributed by atoms with Gasteiger partial charge in [-0.15, -0.1) is 0 Å². The number of benzene rings is 1. The highest BCUT2D eigenvalue weighted by molar-refractivity contribution is 5.54. The van der Waals surface area contributed by atoms with E-state index in [1.54, 1.807) is 0 Å². The van der Waals surface area contributed by atoms with Crippen LogP contribution < -0.4 is 10.2 Å². The number of nitrogens with zero attached hydrogens (tertiary/aromatic N) is 1. The lowest BCUT2D eigenvalue weighted by molar-refractivity contribution is 0.584. The van der Waals surface area contributed by atoms with Gasteiger partial charge in [0, 0.05) is 25.8 Å². The maximum atomic E-state index is 3.51. The fraction of sp³-hybridized carbons (Fsp3) is 0.647. The van der Waals surface area contributed by atoms with Crippen molar-refractivity contribution in [3.63, 3.8) is 0 Å². The summed E-state index contributed by atoms with van der Waals surface area (Å²) in [5, 5.41) is 3.51. The molecule has 0 heterocycles. The van der Waals surface area contributed by atoms with Crippen molar-refractivity contribution in [3.05, 3.63) is 29.3 Å². The predicted molar refractivity (Wildman–Crippen MR) is 85.9 cm³/mol. The first-order valence-electron chi connectivity index (χ1n) is 7.56. The summed E-state index contributed by atoms with van der Waals surface area (Å²) in [5.41, 5.74) is 4.13. The molecule has 2 nitrogen and oxygen atoms in total. The van der Waals surface area contributed by atoms with E-state index in [1.807, 2.05) is 0 Å². The molecule has 0 radical (unpaired) electrons. The second-order valence-corrected chi connectivity index (χ2v) is 5.91. The molecule has 19 heavy (non-hydrogen) atoms. The van der Waals surface area contributed by atoms with Gasteiger partial charge in [-0.05, 0) is 43.9 Å². The van der Waals surface area contributed by atoms with E-state index in [1.165, 1.54) is 29.7 Å². The molecular weight excluding hydrogens is 232 g/mol. The van der Waals surface area contributed by atoms with Crippen molar-refractivity contribution < 1.29 is 0 Å². The zero-order valence-corrected chi connectivity index (χ0v) is 13.3. The Morgan fingerprint density at radius 2 is 2.00 bits per heavy atom. The van der Waals surface area contributed by atoms with Crippen molar-refractivity contribution in [1.82, 2.24) is 5.32 Å². The van der Waals surface area contributed by atoms with E-state index in [2.05, 4.69) is 63.2 Å². The third kappa shape index (κ3) is 5.65. The van der Waals surface area contributed by atoms with E-state index in [0.29, 0.717) is 0 Å². The van der Waals surface area contributed by atoms with Crippen LogP contribution in [0.1, 0.15) is 44.7 Å². The maximum absolute atomic E-state index is 3.51. The van der Waals surface area contributed by atoms with Crippen molar-refractivity contribution in [2.75, 3.05) is 25.0 Å². The van der Waals surface area contributed by atoms with E-state index in [9.17, 15) is 0 Å². The maximum Gasteiger partial charge on any atom is 0.0409 e. The SMILES string of the molecule is CCCNCc1cc(C)ccc1N(C)CCC(C)C. The van der Waals surface area contributed by atoms with Crippen LogP contribution in [0.4, 0.5) is 5.69 Å². The lowest BCUT2D eigenvalue weighted by atomic mass is 10.1. The first-order chi connectivity index (χ1) is 9.04. The zero-order valence-electron chi connectivity index (χ0n) is 13.3. The largest absolute Gasteiger partial charge is 0.374 e. The Hall–Kier alpha value is -1.02. The highest BCUT2D eigenvalue weighted by atomic mass is 15.1. The summed E-state index contributed by atoms with van der Waals surface area (Å²) in [6.07, 6.45) is 2.43. The molecule has 1 rings (SSSR count). The minimum atomic E-state index is 0.759. The molecule has 1 N–H and O–H groups in total. The molecule has 0 unspecified atom stereocenters. The number of aryl methyl sites for hydroxylation is 1. The van der Waals surface area contributed by atoms with Crippen LogP contribution >= 0.6 is 0 Å². The summed E-state index contributed by atoms with van der Waals surface area (Å²) in [6, 6.07) is 6.78. The topological polar surface area (TPSA) is 15.3 Å². The molecule has 0 amide bonds. The fourth-order valence-corrected chi connectivity index (χ4v) is 2.20. The van der Waals surface area contributed by atoms with Gasteiger partial charge in [0.25, 0.3) is 0 Å². The predicted octanol–water partition coefficient (Wildman–Crippen LogP) is 3.98. The van der Waals surface area contributed by atoms with Gasteiger partial charge in [-0.2, -0.15) is 0 Å². The summed E-state index contributed by atoms with van der Waals surface area (Å²) in [5.74, 6) is 0.759. The Morgan fingerprint density at radius 3 is 2.63 bits per heavy atom. The average molecular weight is 262 g/mol. The Kier molecular flexibility index (Phi) is 6.93. The molecule has 0 bridgehead atoms. The van der Waals surface area contributed by atoms with Crippen LogP contribution in [0.25, 0.3) is 0 Å². The minimum Gasteiger partial charge on any atom is -0.374 e. The first kappa shape index (κ1) is 16.0. The Balaban J connectivity index is 2.74. The Morgan fingerprint density at radius 1 is 1.26 bits per heavy atom. The van der Waals surface area contributed by atoms with Gasteiger partial charge in [0.1, 0.15) is 0 Å². The van der Waals surface area contributed by atoms with Gasteiger partial charge in [0.15, 0.2) is 0 Å². The summed E-state index contributed by atoms with van der Waals surface area (Å²) in [4.78, 5) is 2.39. The summed E-state index contributed by atoms with van der Waals surface area (Å²) >= 11 is 0. The molecule has 0 atom stereocenters. The first-order valence-corrected chi connectivity index (χ1v) is 7.56. The molecule has 0 aliphatic heterocycles. The number of hydrogen-bond acceptors (Lipinski definition) is 2. The van der Waals surface area contributed by atoms with Gasteiger partial charge in [0.05, 0.1) is 0 Å². The van der Waals surface area contributed by atoms with Crippen LogP contribution in [-0.2, 0) is 6.54 Å². The molecule has 2 heteroatoms. The van der Waals surface area contributed by atoms with Crippen LogP contribution in [0.2, 0.25) is 0 Å². The van der Waals surface area contributed by atoms with Gasteiger partial charge in [-0.1, -0.05) is 38.5 Å². The van der Waals surface area contributed by atoms with Gasteiger partial charge >= 0.3 is 0 Å². The van der Waals surface area contributed by atoms with E-state index >= 15 is 0 Å². The molecule has 0 fully saturated rings. The fourth-order valence-electron chi connectivity index (χ4n) is 2.20. The number of anilines is 1. The second-order valence-electron chi connectivity index (χ2n) is 5.91. The summed E-state index contributed by atoms with van der Waals surface area (Å²) in [6.45, 7) is 12.1. The Bertz CT molecular complexity index is 372.